The average molecular weight is 356 g/mol. The maximum absolute atomic E-state index is 4.52. The van der Waals surface area contributed by atoms with Crippen molar-refractivity contribution in [1.82, 2.24) is 15.2 Å². The van der Waals surface area contributed by atoms with Crippen LogP contribution in [-0.2, 0) is 0 Å². The SMILES string of the molecule is CC(C)C[C@H](c1ccnc2ccccc12)N1CCNCC1.Cl.Cl. The molecule has 0 unspecified atom stereocenters. The zero-order valence-corrected chi connectivity index (χ0v) is 15.5. The maximum Gasteiger partial charge on any atom is 0.0705 e. The van der Waals surface area contributed by atoms with E-state index in [-0.39, 0.29) is 24.8 Å². The fraction of sp³-hybridized carbons (Fsp3) is 0.500. The van der Waals surface area contributed by atoms with Crippen molar-refractivity contribution in [3.8, 4) is 0 Å². The number of para-hydroxylation sites is 1. The molecule has 1 atom stereocenters. The molecule has 3 nitrogen and oxygen atoms in total. The first-order valence-corrected chi connectivity index (χ1v) is 8.04. The zero-order chi connectivity index (χ0) is 14.7. The smallest absolute Gasteiger partial charge is 0.0705 e. The van der Waals surface area contributed by atoms with Gasteiger partial charge in [0.15, 0.2) is 0 Å². The van der Waals surface area contributed by atoms with Crippen molar-refractivity contribution in [3.05, 3.63) is 42.1 Å². The lowest BCUT2D eigenvalue weighted by Crippen LogP contribution is -2.45. The Morgan fingerprint density at radius 3 is 2.48 bits per heavy atom. The summed E-state index contributed by atoms with van der Waals surface area (Å²) in [5.41, 5.74) is 2.55. The Hall–Kier alpha value is -0.870. The third-order valence-electron chi connectivity index (χ3n) is 4.33. The molecule has 2 aromatic rings. The van der Waals surface area contributed by atoms with E-state index in [0.29, 0.717) is 12.0 Å². The van der Waals surface area contributed by atoms with E-state index in [1.54, 1.807) is 0 Å². The molecule has 1 aromatic carbocycles. The van der Waals surface area contributed by atoms with E-state index in [1.807, 2.05) is 6.20 Å². The van der Waals surface area contributed by atoms with Crippen LogP contribution < -0.4 is 5.32 Å². The molecule has 1 N–H and O–H groups in total. The van der Waals surface area contributed by atoms with Gasteiger partial charge in [-0.05, 0) is 30.0 Å². The first kappa shape index (κ1) is 20.2. The minimum Gasteiger partial charge on any atom is -0.314 e. The van der Waals surface area contributed by atoms with Gasteiger partial charge >= 0.3 is 0 Å². The van der Waals surface area contributed by atoms with E-state index in [2.05, 4.69) is 59.4 Å². The topological polar surface area (TPSA) is 28.2 Å². The van der Waals surface area contributed by atoms with E-state index in [1.165, 1.54) is 17.4 Å². The predicted octanol–water partition coefficient (Wildman–Crippen LogP) is 4.07. The van der Waals surface area contributed by atoms with Gasteiger partial charge in [0.25, 0.3) is 0 Å². The molecule has 1 fully saturated rings. The largest absolute Gasteiger partial charge is 0.314 e. The molecule has 0 radical (unpaired) electrons. The normalized spacial score (nSPS) is 16.7. The standard InChI is InChI=1S/C18H25N3.2ClH/c1-14(2)13-18(21-11-9-19-10-12-21)16-7-8-20-17-6-4-3-5-15(16)17;;/h3-8,14,18-19H,9-13H2,1-2H3;2*1H/t18-;;/m1../s1. The van der Waals surface area contributed by atoms with Crippen molar-refractivity contribution in [2.24, 2.45) is 5.92 Å². The molecule has 0 aliphatic carbocycles. The third-order valence-corrected chi connectivity index (χ3v) is 4.33. The summed E-state index contributed by atoms with van der Waals surface area (Å²) in [7, 11) is 0. The summed E-state index contributed by atoms with van der Waals surface area (Å²) in [6, 6.07) is 11.2. The highest BCUT2D eigenvalue weighted by Gasteiger charge is 2.24. The van der Waals surface area contributed by atoms with Crippen molar-refractivity contribution in [3.63, 3.8) is 0 Å². The number of hydrogen-bond acceptors (Lipinski definition) is 3. The molecular weight excluding hydrogens is 329 g/mol. The van der Waals surface area contributed by atoms with Gasteiger partial charge in [0, 0.05) is 43.8 Å². The Morgan fingerprint density at radius 1 is 1.09 bits per heavy atom. The van der Waals surface area contributed by atoms with Crippen LogP contribution in [0.15, 0.2) is 36.5 Å². The first-order chi connectivity index (χ1) is 10.3. The Morgan fingerprint density at radius 2 is 1.78 bits per heavy atom. The highest BCUT2D eigenvalue weighted by Crippen LogP contribution is 2.32. The van der Waals surface area contributed by atoms with E-state index in [0.717, 1.165) is 31.7 Å². The zero-order valence-electron chi connectivity index (χ0n) is 13.9. The molecule has 23 heavy (non-hydrogen) atoms. The van der Waals surface area contributed by atoms with Crippen molar-refractivity contribution >= 4 is 35.7 Å². The Balaban J connectivity index is 0.00000132. The van der Waals surface area contributed by atoms with E-state index in [9.17, 15) is 0 Å². The number of benzene rings is 1. The lowest BCUT2D eigenvalue weighted by Gasteiger charge is -2.36. The molecule has 1 saturated heterocycles. The second-order valence-corrected chi connectivity index (χ2v) is 6.35. The van der Waals surface area contributed by atoms with Gasteiger partial charge in [0.2, 0.25) is 0 Å². The molecule has 128 valence electrons. The third kappa shape index (κ3) is 4.80. The molecule has 0 saturated carbocycles. The molecule has 0 bridgehead atoms. The summed E-state index contributed by atoms with van der Waals surface area (Å²) in [5, 5.41) is 4.77. The monoisotopic (exact) mass is 355 g/mol. The number of piperazine rings is 1. The van der Waals surface area contributed by atoms with Crippen molar-refractivity contribution in [2.45, 2.75) is 26.3 Å². The van der Waals surface area contributed by atoms with E-state index >= 15 is 0 Å². The second kappa shape index (κ2) is 9.43. The van der Waals surface area contributed by atoms with Crippen LogP contribution in [0.5, 0.6) is 0 Å². The highest BCUT2D eigenvalue weighted by atomic mass is 35.5. The van der Waals surface area contributed by atoms with Gasteiger partial charge in [0.05, 0.1) is 5.52 Å². The minimum atomic E-state index is 0. The second-order valence-electron chi connectivity index (χ2n) is 6.35. The lowest BCUT2D eigenvalue weighted by atomic mass is 9.93. The van der Waals surface area contributed by atoms with Gasteiger partial charge in [-0.1, -0.05) is 32.0 Å². The Labute approximate surface area is 151 Å². The first-order valence-electron chi connectivity index (χ1n) is 8.04. The summed E-state index contributed by atoms with van der Waals surface area (Å²) in [5.74, 6) is 0.691. The molecule has 5 heteroatoms. The number of nitrogens with one attached hydrogen (secondary N) is 1. The Kier molecular flexibility index (Phi) is 8.27. The molecule has 3 rings (SSSR count). The maximum atomic E-state index is 4.52. The van der Waals surface area contributed by atoms with E-state index in [4.69, 9.17) is 0 Å². The summed E-state index contributed by atoms with van der Waals surface area (Å²) < 4.78 is 0. The van der Waals surface area contributed by atoms with Crippen molar-refractivity contribution in [1.29, 1.82) is 0 Å². The van der Waals surface area contributed by atoms with Crippen LogP contribution >= 0.6 is 24.8 Å². The number of aromatic nitrogens is 1. The fourth-order valence-corrected chi connectivity index (χ4v) is 3.32. The van der Waals surface area contributed by atoms with Crippen LogP contribution in [0.3, 0.4) is 0 Å². The fourth-order valence-electron chi connectivity index (χ4n) is 3.32. The van der Waals surface area contributed by atoms with Gasteiger partial charge < -0.3 is 5.32 Å². The van der Waals surface area contributed by atoms with Crippen LogP contribution in [-0.4, -0.2) is 36.1 Å². The van der Waals surface area contributed by atoms with Crippen LogP contribution in [0, 0.1) is 5.92 Å². The number of halogens is 2. The van der Waals surface area contributed by atoms with Gasteiger partial charge in [-0.2, -0.15) is 0 Å². The lowest BCUT2D eigenvalue weighted by molar-refractivity contribution is 0.155. The summed E-state index contributed by atoms with van der Waals surface area (Å²) in [6.45, 7) is 9.09. The van der Waals surface area contributed by atoms with Gasteiger partial charge in [-0.25, -0.2) is 0 Å². The number of pyridine rings is 1. The summed E-state index contributed by atoms with van der Waals surface area (Å²) in [4.78, 5) is 7.15. The van der Waals surface area contributed by atoms with Crippen LogP contribution in [0.1, 0.15) is 31.9 Å². The molecular formula is C18H27Cl2N3. The minimum absolute atomic E-state index is 0. The van der Waals surface area contributed by atoms with E-state index < -0.39 is 0 Å². The summed E-state index contributed by atoms with van der Waals surface area (Å²) >= 11 is 0. The average Bonchev–Trinajstić information content (AvgIpc) is 2.53. The molecule has 1 aliphatic rings. The number of hydrogen-bond donors (Lipinski definition) is 1. The Bertz CT molecular complexity index is 592. The van der Waals surface area contributed by atoms with Crippen LogP contribution in [0.4, 0.5) is 0 Å². The van der Waals surface area contributed by atoms with Gasteiger partial charge in [0.1, 0.15) is 0 Å². The number of rotatable bonds is 4. The van der Waals surface area contributed by atoms with Gasteiger partial charge in [-0.15, -0.1) is 24.8 Å². The van der Waals surface area contributed by atoms with Crippen LogP contribution in [0.25, 0.3) is 10.9 Å². The molecule has 1 aromatic heterocycles. The molecule has 0 amide bonds. The van der Waals surface area contributed by atoms with Crippen molar-refractivity contribution in [2.75, 3.05) is 26.2 Å². The number of nitrogens with zero attached hydrogens (tertiary/aromatic N) is 2. The van der Waals surface area contributed by atoms with Crippen LogP contribution in [0.2, 0.25) is 0 Å². The molecule has 1 aliphatic heterocycles. The number of fused-ring (bicyclic) bond motifs is 1. The highest BCUT2D eigenvalue weighted by molar-refractivity contribution is 5.85. The van der Waals surface area contributed by atoms with Crippen molar-refractivity contribution < 1.29 is 0 Å². The predicted molar refractivity (Wildman–Crippen MR) is 103 cm³/mol. The molecule has 0 spiro atoms. The molecule has 2 heterocycles. The van der Waals surface area contributed by atoms with Gasteiger partial charge in [-0.3, -0.25) is 9.88 Å². The summed E-state index contributed by atoms with van der Waals surface area (Å²) in [6.07, 6.45) is 3.17. The quantitative estimate of drug-likeness (QED) is 0.895.